The molecule has 3 aromatic rings. The van der Waals surface area contributed by atoms with E-state index in [1.54, 1.807) is 32.4 Å². The second kappa shape index (κ2) is 5.09. The molecular weight excluding hydrogens is 311 g/mol. The number of aromatic nitrogens is 3. The molecule has 0 unspecified atom stereocenters. The molecule has 0 aliphatic carbocycles. The summed E-state index contributed by atoms with van der Waals surface area (Å²) in [5.74, 6) is 0. The van der Waals surface area contributed by atoms with Crippen LogP contribution in [0.2, 0.25) is 10.0 Å². The molecule has 3 rings (SSSR count). The average molecular weight is 323 g/mol. The Morgan fingerprint density at radius 1 is 1.38 bits per heavy atom. The van der Waals surface area contributed by atoms with Gasteiger partial charge >= 0.3 is 0 Å². The number of benzene rings is 1. The van der Waals surface area contributed by atoms with E-state index in [4.69, 9.17) is 23.2 Å². The number of rotatable bonds is 2. The minimum absolute atomic E-state index is 0.171. The first kappa shape index (κ1) is 14.0. The van der Waals surface area contributed by atoms with Crippen LogP contribution in [0, 0.1) is 6.92 Å². The quantitative estimate of drug-likeness (QED) is 0.757. The van der Waals surface area contributed by atoms with E-state index < -0.39 is 0 Å². The summed E-state index contributed by atoms with van der Waals surface area (Å²) in [5.41, 5.74) is 2.37. The molecule has 7 heteroatoms. The summed E-state index contributed by atoms with van der Waals surface area (Å²) in [7, 11) is 1.60. The van der Waals surface area contributed by atoms with Crippen molar-refractivity contribution in [2.24, 2.45) is 7.05 Å². The van der Waals surface area contributed by atoms with Gasteiger partial charge in [-0.2, -0.15) is 5.10 Å². The second-order valence-corrected chi connectivity index (χ2v) is 5.51. The summed E-state index contributed by atoms with van der Waals surface area (Å²) in [6, 6.07) is 3.66. The van der Waals surface area contributed by atoms with Crippen molar-refractivity contribution >= 4 is 45.5 Å². The van der Waals surface area contributed by atoms with Gasteiger partial charge in [0.05, 0.1) is 27.6 Å². The van der Waals surface area contributed by atoms with Crippen molar-refractivity contribution in [3.05, 3.63) is 50.5 Å². The van der Waals surface area contributed by atoms with Gasteiger partial charge in [0, 0.05) is 29.7 Å². The summed E-state index contributed by atoms with van der Waals surface area (Å²) in [6.07, 6.45) is 3.37. The number of aryl methyl sites for hydroxylation is 1. The van der Waals surface area contributed by atoms with Crippen LogP contribution in [0.15, 0.2) is 29.3 Å². The summed E-state index contributed by atoms with van der Waals surface area (Å²) >= 11 is 12.7. The number of nitrogens with one attached hydrogen (secondary N) is 2. The first-order valence-corrected chi connectivity index (χ1v) is 6.99. The average Bonchev–Trinajstić information content (AvgIpc) is 2.91. The van der Waals surface area contributed by atoms with Gasteiger partial charge in [-0.15, -0.1) is 0 Å². The Kier molecular flexibility index (Phi) is 3.39. The first-order chi connectivity index (χ1) is 9.99. The van der Waals surface area contributed by atoms with Crippen LogP contribution in [0.3, 0.4) is 0 Å². The smallest absolute Gasteiger partial charge is 0.271 e. The fourth-order valence-electron chi connectivity index (χ4n) is 2.16. The zero-order valence-corrected chi connectivity index (χ0v) is 12.9. The highest BCUT2D eigenvalue weighted by Crippen LogP contribution is 2.38. The van der Waals surface area contributed by atoms with Gasteiger partial charge in [0.25, 0.3) is 5.56 Å². The Balaban J connectivity index is 2.14. The van der Waals surface area contributed by atoms with E-state index in [0.29, 0.717) is 27.0 Å². The molecule has 2 heterocycles. The van der Waals surface area contributed by atoms with Gasteiger partial charge in [-0.3, -0.25) is 4.79 Å². The second-order valence-electron chi connectivity index (χ2n) is 4.72. The predicted molar refractivity (Wildman–Crippen MR) is 85.8 cm³/mol. The van der Waals surface area contributed by atoms with Gasteiger partial charge in [-0.05, 0) is 19.1 Å². The largest absolute Gasteiger partial charge is 0.361 e. The number of fused-ring (bicyclic) bond motifs is 1. The molecular formula is C14H12Cl2N4O. The van der Waals surface area contributed by atoms with E-state index in [-0.39, 0.29) is 5.56 Å². The molecule has 2 N–H and O–H groups in total. The monoisotopic (exact) mass is 322 g/mol. The van der Waals surface area contributed by atoms with E-state index in [1.807, 2.05) is 6.07 Å². The Hall–Kier alpha value is -1.98. The van der Waals surface area contributed by atoms with Crippen molar-refractivity contribution in [1.82, 2.24) is 14.8 Å². The maximum Gasteiger partial charge on any atom is 0.271 e. The van der Waals surface area contributed by atoms with Gasteiger partial charge in [-0.1, -0.05) is 23.2 Å². The summed E-state index contributed by atoms with van der Waals surface area (Å²) in [6.45, 7) is 1.73. The van der Waals surface area contributed by atoms with Crippen molar-refractivity contribution in [2.45, 2.75) is 6.92 Å². The lowest BCUT2D eigenvalue weighted by Gasteiger charge is -2.13. The zero-order valence-electron chi connectivity index (χ0n) is 11.4. The first-order valence-electron chi connectivity index (χ1n) is 6.24. The molecule has 0 amide bonds. The lowest BCUT2D eigenvalue weighted by Crippen LogP contribution is -2.22. The molecule has 0 saturated heterocycles. The van der Waals surface area contributed by atoms with E-state index in [9.17, 15) is 4.79 Å². The zero-order chi connectivity index (χ0) is 15.1. The summed E-state index contributed by atoms with van der Waals surface area (Å²) in [4.78, 5) is 15.0. The third-order valence-corrected chi connectivity index (χ3v) is 4.07. The molecule has 108 valence electrons. The lowest BCUT2D eigenvalue weighted by molar-refractivity contribution is 0.702. The molecule has 2 aromatic heterocycles. The number of anilines is 2. The Labute approximate surface area is 130 Å². The number of nitrogens with zero attached hydrogens (tertiary/aromatic N) is 2. The summed E-state index contributed by atoms with van der Waals surface area (Å²) < 4.78 is 1.28. The Morgan fingerprint density at radius 2 is 2.14 bits per heavy atom. The van der Waals surface area contributed by atoms with Crippen LogP contribution in [0.1, 0.15) is 5.56 Å². The minimum atomic E-state index is -0.171. The summed E-state index contributed by atoms with van der Waals surface area (Å²) in [5, 5.41) is 8.93. The minimum Gasteiger partial charge on any atom is -0.361 e. The van der Waals surface area contributed by atoms with E-state index in [2.05, 4.69) is 15.4 Å². The molecule has 0 radical (unpaired) electrons. The van der Waals surface area contributed by atoms with Gasteiger partial charge in [0.2, 0.25) is 0 Å². The number of hydrogen-bond donors (Lipinski definition) is 2. The number of aromatic amines is 1. The standard InChI is InChI=1S/C14H12Cl2N4O/c1-7-11(6-18-20(2)14(7)21)19-13-9(15)5-10-8(12(13)16)3-4-17-10/h3-6,17,19H,1-2H3. The Bertz CT molecular complexity index is 898. The number of hydrogen-bond acceptors (Lipinski definition) is 3. The SMILES string of the molecule is Cc1c(Nc2c(Cl)cc3[nH]ccc3c2Cl)cnn(C)c1=O. The van der Waals surface area contributed by atoms with E-state index in [1.165, 1.54) is 4.68 Å². The maximum atomic E-state index is 11.9. The molecule has 0 aliphatic rings. The van der Waals surface area contributed by atoms with Gasteiger partial charge in [0.1, 0.15) is 0 Å². The molecule has 0 aliphatic heterocycles. The highest BCUT2D eigenvalue weighted by molar-refractivity contribution is 6.43. The molecule has 5 nitrogen and oxygen atoms in total. The topological polar surface area (TPSA) is 62.7 Å². The molecule has 0 atom stereocenters. The van der Waals surface area contributed by atoms with Crippen LogP contribution >= 0.6 is 23.2 Å². The fraction of sp³-hybridized carbons (Fsp3) is 0.143. The predicted octanol–water partition coefficient (Wildman–Crippen LogP) is 3.62. The molecule has 1 aromatic carbocycles. The third-order valence-electron chi connectivity index (χ3n) is 3.38. The molecule has 21 heavy (non-hydrogen) atoms. The van der Waals surface area contributed by atoms with Crippen LogP contribution < -0.4 is 10.9 Å². The van der Waals surface area contributed by atoms with Crippen LogP contribution in [-0.4, -0.2) is 14.8 Å². The number of halogens is 2. The van der Waals surface area contributed by atoms with E-state index in [0.717, 1.165) is 10.9 Å². The van der Waals surface area contributed by atoms with Crippen molar-refractivity contribution < 1.29 is 0 Å². The highest BCUT2D eigenvalue weighted by atomic mass is 35.5. The van der Waals surface area contributed by atoms with Crippen molar-refractivity contribution in [2.75, 3.05) is 5.32 Å². The van der Waals surface area contributed by atoms with Crippen molar-refractivity contribution in [1.29, 1.82) is 0 Å². The Morgan fingerprint density at radius 3 is 2.90 bits per heavy atom. The van der Waals surface area contributed by atoms with Gasteiger partial charge in [-0.25, -0.2) is 4.68 Å². The molecule has 0 fully saturated rings. The normalized spacial score (nSPS) is 11.0. The molecule has 0 bridgehead atoms. The van der Waals surface area contributed by atoms with Crippen LogP contribution in [0.5, 0.6) is 0 Å². The van der Waals surface area contributed by atoms with Crippen LogP contribution in [0.4, 0.5) is 11.4 Å². The van der Waals surface area contributed by atoms with Gasteiger partial charge < -0.3 is 10.3 Å². The molecule has 0 saturated carbocycles. The van der Waals surface area contributed by atoms with Crippen LogP contribution in [0.25, 0.3) is 10.9 Å². The molecule has 0 spiro atoms. The third kappa shape index (κ3) is 2.28. The highest BCUT2D eigenvalue weighted by Gasteiger charge is 2.14. The fourth-order valence-corrected chi connectivity index (χ4v) is 2.77. The van der Waals surface area contributed by atoms with Crippen LogP contribution in [-0.2, 0) is 7.05 Å². The van der Waals surface area contributed by atoms with Crippen molar-refractivity contribution in [3.63, 3.8) is 0 Å². The van der Waals surface area contributed by atoms with Crippen molar-refractivity contribution in [3.8, 4) is 0 Å². The number of H-pyrrole nitrogens is 1. The van der Waals surface area contributed by atoms with Gasteiger partial charge in [0.15, 0.2) is 0 Å². The lowest BCUT2D eigenvalue weighted by atomic mass is 10.2. The van der Waals surface area contributed by atoms with E-state index >= 15 is 0 Å². The maximum absolute atomic E-state index is 11.9.